The fourth-order valence-corrected chi connectivity index (χ4v) is 6.48. The number of aromatic nitrogens is 2. The molecule has 0 amide bonds. The molecule has 0 bridgehead atoms. The van der Waals surface area contributed by atoms with Gasteiger partial charge in [-0.25, -0.2) is 8.42 Å². The molecule has 12 heteroatoms. The highest BCUT2D eigenvalue weighted by atomic mass is 32.2. The molecule has 0 saturated heterocycles. The molecule has 2 rings (SSSR count). The highest BCUT2D eigenvalue weighted by molar-refractivity contribution is 8.04. The Morgan fingerprint density at radius 1 is 1.32 bits per heavy atom. The third-order valence-electron chi connectivity index (χ3n) is 3.70. The second-order valence-corrected chi connectivity index (χ2v) is 10.5. The Bertz CT molecular complexity index is 961. The number of thiophene rings is 1. The van der Waals surface area contributed by atoms with Crippen LogP contribution in [-0.2, 0) is 10.0 Å². The lowest BCUT2D eigenvalue weighted by molar-refractivity contribution is 0.434. The maximum Gasteiger partial charge on any atom is 0.256 e. The number of aryl methyl sites for hydroxylation is 1. The van der Waals surface area contributed by atoms with E-state index in [2.05, 4.69) is 25.4 Å². The number of nitrogens with one attached hydrogen (secondary N) is 2. The van der Waals surface area contributed by atoms with E-state index in [4.69, 9.17) is 0 Å². The maximum atomic E-state index is 12.8. The van der Waals surface area contributed by atoms with Gasteiger partial charge < -0.3 is 15.1 Å². The standard InChI is InChI=1S/C16H23N5O3S4/c1-6-9-10(4)26-18-15-14(19-27-20-15)17-12-11(5)25-16(13(12)22)28(23,24)21(7-2)8-3/h6,9,22H,1,7-8H2,2-5H3,(H,17,19)(H,18,20)/b10-9-. The number of allylic oxidation sites excluding steroid dienone is 3. The zero-order valence-electron chi connectivity index (χ0n) is 16.0. The lowest BCUT2D eigenvalue weighted by Crippen LogP contribution is -2.30. The summed E-state index contributed by atoms with van der Waals surface area (Å²) >= 11 is 3.38. The molecule has 0 fully saturated rings. The zero-order chi connectivity index (χ0) is 20.9. The molecule has 0 atom stereocenters. The smallest absolute Gasteiger partial charge is 0.256 e. The van der Waals surface area contributed by atoms with E-state index in [0.717, 1.165) is 28.0 Å². The van der Waals surface area contributed by atoms with Crippen molar-refractivity contribution in [2.45, 2.75) is 31.9 Å². The Balaban J connectivity index is 2.30. The van der Waals surface area contributed by atoms with Crippen molar-refractivity contribution in [2.24, 2.45) is 0 Å². The SMILES string of the molecule is C=C/C=C(/C)SNc1nsnc1Nc1c(C)sc(S(=O)(=O)N(CC)CC)c1O. The molecule has 0 radical (unpaired) electrons. The first kappa shape index (κ1) is 22.7. The van der Waals surface area contributed by atoms with Crippen LogP contribution in [0.2, 0.25) is 0 Å². The molecule has 2 heterocycles. The van der Waals surface area contributed by atoms with Crippen molar-refractivity contribution in [3.63, 3.8) is 0 Å². The van der Waals surface area contributed by atoms with Gasteiger partial charge in [-0.2, -0.15) is 13.1 Å². The van der Waals surface area contributed by atoms with Gasteiger partial charge in [-0.15, -0.1) is 11.3 Å². The fourth-order valence-electron chi connectivity index (χ4n) is 2.29. The summed E-state index contributed by atoms with van der Waals surface area (Å²) in [5.74, 6) is 0.598. The Morgan fingerprint density at radius 2 is 1.96 bits per heavy atom. The number of rotatable bonds is 10. The predicted molar refractivity (Wildman–Crippen MR) is 119 cm³/mol. The van der Waals surface area contributed by atoms with Crippen LogP contribution in [0.5, 0.6) is 5.75 Å². The van der Waals surface area contributed by atoms with Crippen molar-refractivity contribution < 1.29 is 13.5 Å². The quantitative estimate of drug-likeness (QED) is 0.350. The molecule has 0 aliphatic heterocycles. The molecule has 2 aromatic heterocycles. The highest BCUT2D eigenvalue weighted by Crippen LogP contribution is 2.44. The van der Waals surface area contributed by atoms with E-state index in [-0.39, 0.29) is 9.96 Å². The molecule has 0 spiro atoms. The molecule has 0 aliphatic rings. The van der Waals surface area contributed by atoms with Crippen LogP contribution in [0.4, 0.5) is 17.3 Å². The zero-order valence-corrected chi connectivity index (χ0v) is 19.3. The number of hydrogen-bond acceptors (Lipinski definition) is 10. The van der Waals surface area contributed by atoms with Gasteiger partial charge in [-0.3, -0.25) is 0 Å². The average Bonchev–Trinajstić information content (AvgIpc) is 3.20. The van der Waals surface area contributed by atoms with Gasteiger partial charge in [0.1, 0.15) is 0 Å². The van der Waals surface area contributed by atoms with Crippen LogP contribution in [0.25, 0.3) is 0 Å². The first-order valence-electron chi connectivity index (χ1n) is 8.40. The number of aromatic hydroxyl groups is 1. The van der Waals surface area contributed by atoms with Crippen LogP contribution in [-0.4, -0.2) is 39.7 Å². The number of anilines is 3. The summed E-state index contributed by atoms with van der Waals surface area (Å²) in [6.07, 6.45) is 3.54. The normalized spacial score (nSPS) is 12.4. The molecule has 154 valence electrons. The summed E-state index contributed by atoms with van der Waals surface area (Å²) in [7, 11) is -3.76. The van der Waals surface area contributed by atoms with Crippen molar-refractivity contribution in [1.29, 1.82) is 0 Å². The van der Waals surface area contributed by atoms with E-state index in [9.17, 15) is 13.5 Å². The van der Waals surface area contributed by atoms with Crippen LogP contribution in [0.1, 0.15) is 25.6 Å². The summed E-state index contributed by atoms with van der Waals surface area (Å²) in [5.41, 5.74) is 0.315. The third kappa shape index (κ3) is 4.87. The van der Waals surface area contributed by atoms with Crippen molar-refractivity contribution >= 4 is 62.4 Å². The summed E-state index contributed by atoms with van der Waals surface area (Å²) in [6.45, 7) is 11.5. The monoisotopic (exact) mass is 461 g/mol. The minimum absolute atomic E-state index is 0.0759. The van der Waals surface area contributed by atoms with E-state index in [1.165, 1.54) is 16.3 Å². The third-order valence-corrected chi connectivity index (χ3v) is 8.61. The lowest BCUT2D eigenvalue weighted by Gasteiger charge is -2.17. The van der Waals surface area contributed by atoms with E-state index in [1.54, 1.807) is 26.8 Å². The Morgan fingerprint density at radius 3 is 2.57 bits per heavy atom. The Kier molecular flexibility index (Phi) is 7.89. The second-order valence-electron chi connectivity index (χ2n) is 5.56. The Labute approximate surface area is 177 Å². The minimum atomic E-state index is -3.76. The van der Waals surface area contributed by atoms with Crippen LogP contribution < -0.4 is 10.0 Å². The first-order valence-corrected chi connectivity index (χ1v) is 12.2. The van der Waals surface area contributed by atoms with Gasteiger partial charge in [0.25, 0.3) is 10.0 Å². The average molecular weight is 462 g/mol. The topological polar surface area (TPSA) is 107 Å². The van der Waals surface area contributed by atoms with E-state index >= 15 is 0 Å². The number of hydrogen-bond donors (Lipinski definition) is 3. The van der Waals surface area contributed by atoms with E-state index in [0.29, 0.717) is 35.3 Å². The van der Waals surface area contributed by atoms with Crippen molar-refractivity contribution in [1.82, 2.24) is 13.1 Å². The molecular weight excluding hydrogens is 438 g/mol. The Hall–Kier alpha value is -1.60. The first-order chi connectivity index (χ1) is 13.3. The summed E-state index contributed by atoms with van der Waals surface area (Å²) in [4.78, 5) is 1.62. The molecule has 3 N–H and O–H groups in total. The van der Waals surface area contributed by atoms with Gasteiger partial charge in [0, 0.05) is 22.9 Å². The molecule has 0 aliphatic carbocycles. The molecule has 0 aromatic carbocycles. The van der Waals surface area contributed by atoms with Gasteiger partial charge in [-0.05, 0) is 25.8 Å². The summed E-state index contributed by atoms with van der Waals surface area (Å²) < 4.78 is 38.3. The molecule has 0 unspecified atom stereocenters. The molecule has 28 heavy (non-hydrogen) atoms. The van der Waals surface area contributed by atoms with Crippen LogP contribution in [0.15, 0.2) is 27.8 Å². The van der Waals surface area contributed by atoms with Gasteiger partial charge in [0.2, 0.25) is 0 Å². The molecule has 8 nitrogen and oxygen atoms in total. The molecule has 2 aromatic rings. The van der Waals surface area contributed by atoms with Crippen molar-refractivity contribution in [3.05, 3.63) is 28.5 Å². The highest BCUT2D eigenvalue weighted by Gasteiger charge is 2.30. The second kappa shape index (κ2) is 9.74. The number of sulfonamides is 1. The van der Waals surface area contributed by atoms with Crippen LogP contribution in [0, 0.1) is 6.92 Å². The van der Waals surface area contributed by atoms with Gasteiger partial charge in [0.15, 0.2) is 21.6 Å². The van der Waals surface area contributed by atoms with Gasteiger partial charge >= 0.3 is 0 Å². The van der Waals surface area contributed by atoms with E-state index in [1.807, 2.05) is 13.0 Å². The maximum absolute atomic E-state index is 12.8. The van der Waals surface area contributed by atoms with Gasteiger partial charge in [-0.1, -0.05) is 32.6 Å². The molecular formula is C16H23N5O3S4. The predicted octanol–water partition coefficient (Wildman–Crippen LogP) is 4.54. The number of nitrogens with zero attached hydrogens (tertiary/aromatic N) is 3. The van der Waals surface area contributed by atoms with Gasteiger partial charge in [0.05, 0.1) is 17.4 Å². The largest absolute Gasteiger partial charge is 0.504 e. The van der Waals surface area contributed by atoms with E-state index < -0.39 is 10.0 Å². The van der Waals surface area contributed by atoms with Crippen LogP contribution in [0.3, 0.4) is 0 Å². The summed E-state index contributed by atoms with van der Waals surface area (Å²) in [6, 6.07) is 0. The minimum Gasteiger partial charge on any atom is -0.504 e. The van der Waals surface area contributed by atoms with Crippen molar-refractivity contribution in [2.75, 3.05) is 23.1 Å². The fraction of sp³-hybridized carbons (Fsp3) is 0.375. The lowest BCUT2D eigenvalue weighted by atomic mass is 10.4. The molecule has 0 saturated carbocycles. The van der Waals surface area contributed by atoms with Crippen LogP contribution >= 0.6 is 35.0 Å². The summed E-state index contributed by atoms with van der Waals surface area (Å²) in [5, 5.41) is 13.6. The van der Waals surface area contributed by atoms with Crippen molar-refractivity contribution in [3.8, 4) is 5.75 Å².